The largest absolute Gasteiger partial charge is 0.346 e. The van der Waals surface area contributed by atoms with E-state index in [0.717, 1.165) is 24.9 Å². The van der Waals surface area contributed by atoms with Crippen molar-refractivity contribution >= 4 is 17.2 Å². The molecule has 98 valence electrons. The number of carbonyl (C=O) groups excluding carboxylic acids is 1. The number of thiophene rings is 1. The first-order chi connectivity index (χ1) is 8.77. The summed E-state index contributed by atoms with van der Waals surface area (Å²) in [5, 5.41) is 4.03. The van der Waals surface area contributed by atoms with Crippen LogP contribution in [0.1, 0.15) is 18.4 Å². The summed E-state index contributed by atoms with van der Waals surface area (Å²) in [5.74, 6) is -0.339. The molecule has 2 fully saturated rings. The number of carbonyl (C=O) groups is 1. The van der Waals surface area contributed by atoms with Crippen LogP contribution in [-0.2, 0) is 20.7 Å². The van der Waals surface area contributed by atoms with E-state index in [9.17, 15) is 4.79 Å². The second kappa shape index (κ2) is 4.99. The Morgan fingerprint density at radius 1 is 1.44 bits per heavy atom. The molecule has 0 atom stereocenters. The fourth-order valence-electron chi connectivity index (χ4n) is 2.61. The highest BCUT2D eigenvalue weighted by Crippen LogP contribution is 2.30. The summed E-state index contributed by atoms with van der Waals surface area (Å²) in [5.41, 5.74) is 1.10. The van der Waals surface area contributed by atoms with Gasteiger partial charge in [-0.1, -0.05) is 0 Å². The van der Waals surface area contributed by atoms with Crippen molar-refractivity contribution in [2.24, 2.45) is 0 Å². The summed E-state index contributed by atoms with van der Waals surface area (Å²) in [4.78, 5) is 14.1. The van der Waals surface area contributed by atoms with Crippen LogP contribution in [0.15, 0.2) is 16.8 Å². The molecule has 0 saturated carbocycles. The summed E-state index contributed by atoms with van der Waals surface area (Å²) in [6, 6.07) is 2.00. The molecule has 0 unspecified atom stereocenters. The molecule has 18 heavy (non-hydrogen) atoms. The van der Waals surface area contributed by atoms with Crippen LogP contribution in [0, 0.1) is 0 Å². The van der Waals surface area contributed by atoms with Gasteiger partial charge < -0.3 is 14.4 Å². The molecular weight excluding hydrogens is 250 g/mol. The Bertz CT molecular complexity index is 412. The molecule has 1 spiro atoms. The third-order valence-electron chi connectivity index (χ3n) is 3.52. The summed E-state index contributed by atoms with van der Waals surface area (Å²) in [6.07, 6.45) is 2.34. The van der Waals surface area contributed by atoms with Gasteiger partial charge in [-0.3, -0.25) is 4.79 Å². The Kier molecular flexibility index (Phi) is 3.37. The van der Waals surface area contributed by atoms with Gasteiger partial charge in [-0.05, 0) is 28.8 Å². The molecule has 1 aromatic rings. The molecule has 5 heteroatoms. The Hall–Kier alpha value is -0.910. The van der Waals surface area contributed by atoms with Crippen molar-refractivity contribution in [3.8, 4) is 0 Å². The number of hydrogen-bond acceptors (Lipinski definition) is 4. The lowest BCUT2D eigenvalue weighted by Gasteiger charge is -2.38. The number of ether oxygens (including phenoxy) is 2. The molecular formula is C13H17NO3S. The van der Waals surface area contributed by atoms with Gasteiger partial charge in [0.2, 0.25) is 5.91 Å². The predicted octanol–water partition coefficient (Wildman–Crippen LogP) is 1.66. The summed E-state index contributed by atoms with van der Waals surface area (Å²) in [6.45, 7) is 2.69. The summed E-state index contributed by atoms with van der Waals surface area (Å²) >= 11 is 1.63. The van der Waals surface area contributed by atoms with Crippen molar-refractivity contribution in [1.29, 1.82) is 0 Å². The van der Waals surface area contributed by atoms with Crippen LogP contribution in [0.25, 0.3) is 0 Å². The third kappa shape index (κ3) is 2.43. The van der Waals surface area contributed by atoms with E-state index in [1.54, 1.807) is 11.3 Å². The molecule has 0 N–H and O–H groups in total. The lowest BCUT2D eigenvalue weighted by Crippen LogP contribution is -2.51. The van der Waals surface area contributed by atoms with Crippen molar-refractivity contribution in [3.63, 3.8) is 0 Å². The van der Waals surface area contributed by atoms with Gasteiger partial charge in [0.1, 0.15) is 0 Å². The Balaban J connectivity index is 1.63. The molecule has 2 aliphatic rings. The molecule has 2 aliphatic heterocycles. The first kappa shape index (κ1) is 12.1. The topological polar surface area (TPSA) is 38.8 Å². The number of amides is 1. The lowest BCUT2D eigenvalue weighted by molar-refractivity contribution is -0.192. The van der Waals surface area contributed by atoms with Crippen molar-refractivity contribution in [3.05, 3.63) is 22.4 Å². The summed E-state index contributed by atoms with van der Waals surface area (Å²) < 4.78 is 11.4. The molecule has 1 aromatic heterocycles. The van der Waals surface area contributed by atoms with Crippen molar-refractivity contribution < 1.29 is 14.3 Å². The minimum Gasteiger partial charge on any atom is -0.346 e. The van der Waals surface area contributed by atoms with Crippen molar-refractivity contribution in [2.75, 3.05) is 26.3 Å². The van der Waals surface area contributed by atoms with Crippen LogP contribution >= 0.6 is 11.3 Å². The predicted molar refractivity (Wildman–Crippen MR) is 68.5 cm³/mol. The van der Waals surface area contributed by atoms with Gasteiger partial charge in [-0.25, -0.2) is 0 Å². The average molecular weight is 267 g/mol. The van der Waals surface area contributed by atoms with Crippen molar-refractivity contribution in [2.45, 2.75) is 25.0 Å². The van der Waals surface area contributed by atoms with Crippen LogP contribution in [0.4, 0.5) is 0 Å². The Morgan fingerprint density at radius 2 is 2.28 bits per heavy atom. The van der Waals surface area contributed by atoms with E-state index in [0.29, 0.717) is 26.2 Å². The number of piperidine rings is 1. The van der Waals surface area contributed by atoms with Gasteiger partial charge in [-0.2, -0.15) is 11.3 Å². The molecule has 0 aliphatic carbocycles. The van der Waals surface area contributed by atoms with E-state index < -0.39 is 5.79 Å². The highest BCUT2D eigenvalue weighted by atomic mass is 32.1. The molecule has 4 nitrogen and oxygen atoms in total. The third-order valence-corrected chi connectivity index (χ3v) is 4.25. The number of likely N-dealkylation sites (tertiary alicyclic amines) is 1. The zero-order valence-electron chi connectivity index (χ0n) is 10.3. The van der Waals surface area contributed by atoms with E-state index >= 15 is 0 Å². The van der Waals surface area contributed by atoms with E-state index in [1.807, 2.05) is 21.7 Å². The fraction of sp³-hybridized carbons (Fsp3) is 0.615. The number of rotatable bonds is 2. The molecule has 1 amide bonds. The smallest absolute Gasteiger partial charge is 0.227 e. The zero-order chi connectivity index (χ0) is 12.4. The fourth-order valence-corrected chi connectivity index (χ4v) is 3.28. The minimum atomic E-state index is -0.511. The van der Waals surface area contributed by atoms with Crippen LogP contribution in [0.5, 0.6) is 0 Å². The van der Waals surface area contributed by atoms with E-state index in [4.69, 9.17) is 9.47 Å². The molecule has 3 heterocycles. The molecule has 0 radical (unpaired) electrons. The van der Waals surface area contributed by atoms with E-state index in [-0.39, 0.29) is 5.91 Å². The van der Waals surface area contributed by atoms with Gasteiger partial charge in [0.05, 0.1) is 26.2 Å². The van der Waals surface area contributed by atoms with Gasteiger partial charge >= 0.3 is 0 Å². The highest BCUT2D eigenvalue weighted by Gasteiger charge is 2.41. The maximum Gasteiger partial charge on any atom is 0.227 e. The van der Waals surface area contributed by atoms with Gasteiger partial charge in [0.15, 0.2) is 5.79 Å². The van der Waals surface area contributed by atoms with Gasteiger partial charge in [-0.15, -0.1) is 0 Å². The standard InChI is InChI=1S/C13H17NO3S/c15-12(8-11-2-7-18-9-11)14-4-1-3-13(10-14)16-5-6-17-13/h2,7,9H,1,3-6,8,10H2. The SMILES string of the molecule is O=C(Cc1ccsc1)N1CCCC2(C1)OCCO2. The Labute approximate surface area is 110 Å². The monoisotopic (exact) mass is 267 g/mol. The molecule has 0 aromatic carbocycles. The van der Waals surface area contributed by atoms with E-state index in [1.165, 1.54) is 0 Å². The lowest BCUT2D eigenvalue weighted by atomic mass is 10.0. The second-order valence-electron chi connectivity index (χ2n) is 4.83. The van der Waals surface area contributed by atoms with Crippen LogP contribution in [-0.4, -0.2) is 42.9 Å². The average Bonchev–Trinajstić information content (AvgIpc) is 3.02. The first-order valence-corrected chi connectivity index (χ1v) is 7.28. The van der Waals surface area contributed by atoms with Crippen molar-refractivity contribution in [1.82, 2.24) is 4.90 Å². The molecule has 2 saturated heterocycles. The molecule has 0 bridgehead atoms. The second-order valence-corrected chi connectivity index (χ2v) is 5.61. The Morgan fingerprint density at radius 3 is 3.00 bits per heavy atom. The maximum absolute atomic E-state index is 12.2. The van der Waals surface area contributed by atoms with Crippen LogP contribution < -0.4 is 0 Å². The van der Waals surface area contributed by atoms with Gasteiger partial charge in [0, 0.05) is 13.0 Å². The van der Waals surface area contributed by atoms with Gasteiger partial charge in [0.25, 0.3) is 0 Å². The quantitative estimate of drug-likeness (QED) is 0.818. The maximum atomic E-state index is 12.2. The van der Waals surface area contributed by atoms with E-state index in [2.05, 4.69) is 0 Å². The highest BCUT2D eigenvalue weighted by molar-refractivity contribution is 7.07. The number of nitrogens with zero attached hydrogens (tertiary/aromatic N) is 1. The van der Waals surface area contributed by atoms with Crippen LogP contribution in [0.3, 0.4) is 0 Å². The molecule has 3 rings (SSSR count). The number of hydrogen-bond donors (Lipinski definition) is 0. The minimum absolute atomic E-state index is 0.173. The summed E-state index contributed by atoms with van der Waals surface area (Å²) in [7, 11) is 0. The normalized spacial score (nSPS) is 22.6. The zero-order valence-corrected chi connectivity index (χ0v) is 11.1. The van der Waals surface area contributed by atoms with Crippen LogP contribution in [0.2, 0.25) is 0 Å². The first-order valence-electron chi connectivity index (χ1n) is 6.34.